The van der Waals surface area contributed by atoms with Gasteiger partial charge in [-0.15, -0.1) is 0 Å². The average molecular weight is 533 g/mol. The van der Waals surface area contributed by atoms with Gasteiger partial charge >= 0.3 is 5.97 Å². The van der Waals surface area contributed by atoms with Gasteiger partial charge in [-0.25, -0.2) is 4.79 Å². The van der Waals surface area contributed by atoms with E-state index in [-0.39, 0.29) is 17.7 Å². The van der Waals surface area contributed by atoms with Crippen LogP contribution >= 0.6 is 0 Å². The normalized spacial score (nSPS) is 18.0. The van der Waals surface area contributed by atoms with Gasteiger partial charge in [0.1, 0.15) is 11.5 Å². The van der Waals surface area contributed by atoms with Crippen molar-refractivity contribution in [3.63, 3.8) is 0 Å². The molecule has 7 nitrogen and oxygen atoms in total. The number of allylic oxidation sites excluding steroid dienone is 4. The zero-order valence-electron chi connectivity index (χ0n) is 23.4. The molecule has 0 spiro atoms. The van der Waals surface area contributed by atoms with Crippen LogP contribution in [0.2, 0.25) is 0 Å². The lowest BCUT2D eigenvalue weighted by Crippen LogP contribution is -2.31. The van der Waals surface area contributed by atoms with E-state index in [0.29, 0.717) is 36.3 Å². The number of ether oxygens (including phenoxy) is 2. The van der Waals surface area contributed by atoms with Crippen LogP contribution in [-0.2, 0) is 14.3 Å². The number of Topliss-reactive ketones (excluding diaryl/α,β-unsaturated/α-hetero) is 1. The quantitative estimate of drug-likeness (QED) is 0.428. The number of carbonyl (C=O) groups is 2. The molecule has 2 aromatic rings. The zero-order chi connectivity index (χ0) is 28.4. The zero-order valence-corrected chi connectivity index (χ0v) is 23.4. The summed E-state index contributed by atoms with van der Waals surface area (Å²) in [7, 11) is 1.64. The first-order chi connectivity index (χ1) is 18.7. The predicted molar refractivity (Wildman–Crippen MR) is 153 cm³/mol. The minimum Gasteiger partial charge on any atom is -0.508 e. The number of carbonyl (C=O) groups excluding carboxylic acids is 2. The Balaban J connectivity index is 0.000000243. The number of methoxy groups -OCH3 is 1. The van der Waals surface area contributed by atoms with E-state index in [4.69, 9.17) is 14.6 Å². The Kier molecular flexibility index (Phi) is 10.8. The number of hydrogen-bond acceptors (Lipinski definition) is 7. The molecule has 2 heterocycles. The Morgan fingerprint density at radius 2 is 1.90 bits per heavy atom. The Hall–Kier alpha value is -4.00. The predicted octanol–water partition coefficient (Wildman–Crippen LogP) is 5.81. The van der Waals surface area contributed by atoms with Crippen molar-refractivity contribution >= 4 is 11.8 Å². The molecule has 1 saturated heterocycles. The summed E-state index contributed by atoms with van der Waals surface area (Å²) in [5.41, 5.74) is 6.28. The fourth-order valence-corrected chi connectivity index (χ4v) is 4.85. The van der Waals surface area contributed by atoms with Crippen LogP contribution in [0.25, 0.3) is 0 Å². The lowest BCUT2D eigenvalue weighted by Gasteiger charge is -2.32. The number of esters is 1. The number of para-hydroxylation sites is 1. The fraction of sp³-hybridized carbons (Fsp3) is 0.375. The van der Waals surface area contributed by atoms with Crippen molar-refractivity contribution in [2.45, 2.75) is 58.8 Å². The van der Waals surface area contributed by atoms with Crippen molar-refractivity contribution in [1.29, 1.82) is 0 Å². The summed E-state index contributed by atoms with van der Waals surface area (Å²) in [6, 6.07) is 15.0. The van der Waals surface area contributed by atoms with Gasteiger partial charge in [-0.05, 0) is 69.4 Å². The van der Waals surface area contributed by atoms with Crippen LogP contribution in [-0.4, -0.2) is 37.1 Å². The molecule has 208 valence electrons. The maximum atomic E-state index is 12.7. The van der Waals surface area contributed by atoms with Gasteiger partial charge < -0.3 is 25.2 Å². The smallest absolute Gasteiger partial charge is 0.336 e. The second-order valence-corrected chi connectivity index (χ2v) is 9.83. The summed E-state index contributed by atoms with van der Waals surface area (Å²) >= 11 is 0. The van der Waals surface area contributed by atoms with E-state index in [1.165, 1.54) is 18.5 Å². The van der Waals surface area contributed by atoms with Crippen molar-refractivity contribution in [2.75, 3.05) is 20.3 Å². The van der Waals surface area contributed by atoms with E-state index in [1.54, 1.807) is 26.2 Å². The highest BCUT2D eigenvalue weighted by Gasteiger charge is 2.34. The van der Waals surface area contributed by atoms with E-state index in [1.807, 2.05) is 50.2 Å². The molecule has 0 saturated carbocycles. The Labute approximate surface area is 231 Å². The molecule has 0 amide bonds. The second kappa shape index (κ2) is 14.2. The molecule has 0 unspecified atom stereocenters. The van der Waals surface area contributed by atoms with Crippen LogP contribution in [0.1, 0.15) is 63.0 Å². The first-order valence-electron chi connectivity index (χ1n) is 13.4. The van der Waals surface area contributed by atoms with Crippen molar-refractivity contribution in [1.82, 2.24) is 10.6 Å². The number of phenols is 1. The third-order valence-electron chi connectivity index (χ3n) is 6.86. The van der Waals surface area contributed by atoms with E-state index < -0.39 is 0 Å². The molecular weight excluding hydrogens is 492 g/mol. The SMILES string of the molecule is C=C1CCCN1.CCOC(=O)C1=C(C)NC2=C(C1)C(=O)C[C@H](c1ccccc1OC)C2.Cc1cccc(O)c1. The van der Waals surface area contributed by atoms with Gasteiger partial charge in [0.15, 0.2) is 5.78 Å². The number of dihydropyridines is 1. The van der Waals surface area contributed by atoms with Gasteiger partial charge in [0.2, 0.25) is 0 Å². The van der Waals surface area contributed by atoms with Crippen LogP contribution in [0.4, 0.5) is 0 Å². The standard InChI is InChI=1S/C20H23NO4.C7H8O.C5H9N/c1-4-25-20(23)15-11-16-17(21-12(15)2)9-13(10-18(16)22)14-7-5-6-8-19(14)24-3;1-6-3-2-4-7(8)5-6;1-5-3-2-4-6-5/h5-8,13,21H,4,9-11H2,1-3H3;2-5,8H,1H3;6H,1-4H2/t13-;;/m1../s1. The number of rotatable bonds is 4. The average Bonchev–Trinajstić information content (AvgIpc) is 3.39. The Morgan fingerprint density at radius 3 is 2.46 bits per heavy atom. The largest absolute Gasteiger partial charge is 0.508 e. The molecular formula is C32H40N2O5. The van der Waals surface area contributed by atoms with Crippen molar-refractivity contribution < 1.29 is 24.2 Å². The lowest BCUT2D eigenvalue weighted by atomic mass is 9.78. The molecule has 1 aliphatic carbocycles. The van der Waals surface area contributed by atoms with E-state index in [9.17, 15) is 9.59 Å². The molecule has 1 atom stereocenters. The van der Waals surface area contributed by atoms with E-state index >= 15 is 0 Å². The molecule has 1 fully saturated rings. The van der Waals surface area contributed by atoms with Gasteiger partial charge in [-0.2, -0.15) is 0 Å². The first-order valence-corrected chi connectivity index (χ1v) is 13.4. The molecule has 2 aromatic carbocycles. The van der Waals surface area contributed by atoms with Crippen LogP contribution in [0.5, 0.6) is 11.5 Å². The number of ketones is 1. The highest BCUT2D eigenvalue weighted by Crippen LogP contribution is 2.41. The van der Waals surface area contributed by atoms with Crippen molar-refractivity contribution in [3.8, 4) is 11.5 Å². The summed E-state index contributed by atoms with van der Waals surface area (Å²) in [6.45, 7) is 10.8. The highest BCUT2D eigenvalue weighted by molar-refractivity contribution is 6.01. The summed E-state index contributed by atoms with van der Waals surface area (Å²) in [5.74, 6) is 0.953. The molecule has 3 N–H and O–H groups in total. The van der Waals surface area contributed by atoms with Crippen molar-refractivity contribution in [2.24, 2.45) is 0 Å². The van der Waals surface area contributed by atoms with E-state index in [2.05, 4.69) is 17.2 Å². The van der Waals surface area contributed by atoms with Crippen LogP contribution in [0.3, 0.4) is 0 Å². The summed E-state index contributed by atoms with van der Waals surface area (Å²) in [5, 5.41) is 15.2. The molecule has 39 heavy (non-hydrogen) atoms. The Morgan fingerprint density at radius 1 is 1.13 bits per heavy atom. The number of hydrogen-bond donors (Lipinski definition) is 3. The number of aryl methyl sites for hydroxylation is 1. The molecule has 5 rings (SSSR count). The van der Waals surface area contributed by atoms with Gasteiger partial charge in [0, 0.05) is 48.0 Å². The lowest BCUT2D eigenvalue weighted by molar-refractivity contribution is -0.138. The third kappa shape index (κ3) is 8.24. The third-order valence-corrected chi connectivity index (χ3v) is 6.86. The maximum absolute atomic E-state index is 12.7. The van der Waals surface area contributed by atoms with Gasteiger partial charge in [0.25, 0.3) is 0 Å². The highest BCUT2D eigenvalue weighted by atomic mass is 16.5. The van der Waals surface area contributed by atoms with Crippen LogP contribution < -0.4 is 15.4 Å². The first kappa shape index (κ1) is 29.6. The number of aromatic hydroxyl groups is 1. The monoisotopic (exact) mass is 532 g/mol. The van der Waals surface area contributed by atoms with Gasteiger partial charge in [-0.3, -0.25) is 4.79 Å². The molecule has 0 bridgehead atoms. The van der Waals surface area contributed by atoms with Crippen LogP contribution in [0, 0.1) is 6.92 Å². The summed E-state index contributed by atoms with van der Waals surface area (Å²) in [6.07, 6.45) is 3.97. The van der Waals surface area contributed by atoms with Gasteiger partial charge in [-0.1, -0.05) is 36.9 Å². The van der Waals surface area contributed by atoms with E-state index in [0.717, 1.165) is 41.2 Å². The summed E-state index contributed by atoms with van der Waals surface area (Å²) < 4.78 is 10.5. The number of nitrogens with one attached hydrogen (secondary N) is 2. The number of phenolic OH excluding ortho intramolecular Hbond substituents is 1. The molecule has 3 aliphatic rings. The van der Waals surface area contributed by atoms with Gasteiger partial charge in [0.05, 0.1) is 19.3 Å². The summed E-state index contributed by atoms with van der Waals surface area (Å²) in [4.78, 5) is 24.8. The maximum Gasteiger partial charge on any atom is 0.336 e. The topological polar surface area (TPSA) is 96.9 Å². The van der Waals surface area contributed by atoms with Crippen molar-refractivity contribution in [3.05, 3.63) is 94.5 Å². The molecule has 2 aliphatic heterocycles. The van der Waals surface area contributed by atoms with Crippen LogP contribution in [0.15, 0.2) is 83.3 Å². The molecule has 0 radical (unpaired) electrons. The molecule has 7 heteroatoms. The fourth-order valence-electron chi connectivity index (χ4n) is 4.85. The number of benzene rings is 2. The minimum atomic E-state index is -0.348. The minimum absolute atomic E-state index is 0.0758. The second-order valence-electron chi connectivity index (χ2n) is 9.83. The Bertz CT molecular complexity index is 1240. The molecule has 0 aromatic heterocycles.